The van der Waals surface area contributed by atoms with Gasteiger partial charge in [-0.1, -0.05) is 12.5 Å². The summed E-state index contributed by atoms with van der Waals surface area (Å²) in [5.41, 5.74) is 1.44. The Morgan fingerprint density at radius 3 is 2.62 bits per heavy atom. The van der Waals surface area contributed by atoms with Gasteiger partial charge in [0.25, 0.3) is 0 Å². The third kappa shape index (κ3) is 4.65. The van der Waals surface area contributed by atoms with Crippen LogP contribution in [0.15, 0.2) is 23.2 Å². The molecule has 2 unspecified atom stereocenters. The first-order chi connectivity index (χ1) is 13.6. The van der Waals surface area contributed by atoms with Crippen molar-refractivity contribution in [2.24, 2.45) is 10.4 Å². The molecule has 0 bridgehead atoms. The lowest BCUT2D eigenvalue weighted by Crippen LogP contribution is -2.69. The lowest BCUT2D eigenvalue weighted by molar-refractivity contribution is -0.168. The van der Waals surface area contributed by atoms with Gasteiger partial charge >= 0.3 is 0 Å². The van der Waals surface area contributed by atoms with Gasteiger partial charge in [0.2, 0.25) is 0 Å². The number of hydrogen-bond acceptors (Lipinski definition) is 4. The van der Waals surface area contributed by atoms with Crippen molar-refractivity contribution in [3.63, 3.8) is 0 Å². The number of aromatic nitrogens is 1. The van der Waals surface area contributed by atoms with E-state index in [1.54, 1.807) is 0 Å². The Balaban J connectivity index is 0.00000240. The van der Waals surface area contributed by atoms with Crippen LogP contribution in [0, 0.1) is 12.3 Å². The Hall–Kier alpha value is -1.09. The van der Waals surface area contributed by atoms with Gasteiger partial charge in [0, 0.05) is 49.9 Å². The first-order valence-corrected chi connectivity index (χ1v) is 10.9. The lowest BCUT2D eigenvalue weighted by Gasteiger charge is -2.61. The highest BCUT2D eigenvalue weighted by Gasteiger charge is 2.59. The van der Waals surface area contributed by atoms with Gasteiger partial charge in [-0.15, -0.1) is 24.0 Å². The molecule has 4 rings (SSSR count). The number of guanidine groups is 1. The van der Waals surface area contributed by atoms with E-state index >= 15 is 0 Å². The minimum atomic E-state index is 0. The Kier molecular flexibility index (Phi) is 7.64. The zero-order valence-electron chi connectivity index (χ0n) is 18.0. The summed E-state index contributed by atoms with van der Waals surface area (Å²) in [5.74, 6) is 2.06. The maximum atomic E-state index is 5.98. The standard InChI is InChI=1S/C22H35N5O.HI/c1-4-28-19-15-18(22(19)11-6-12-22)26-21(23-3)25-17-9-13-27(14-10-17)20-8-5-7-16(2)24-20;/h5,7-8,17-19H,4,6,9-15H2,1-3H3,(H2,23,25,26);1H. The number of hydrogen-bond donors (Lipinski definition) is 2. The van der Waals surface area contributed by atoms with Crippen LogP contribution in [0.25, 0.3) is 0 Å². The number of halogens is 1. The molecule has 2 saturated carbocycles. The van der Waals surface area contributed by atoms with E-state index in [1.165, 1.54) is 19.3 Å². The van der Waals surface area contributed by atoms with Crippen LogP contribution < -0.4 is 15.5 Å². The molecule has 0 radical (unpaired) electrons. The van der Waals surface area contributed by atoms with Crippen LogP contribution in [-0.2, 0) is 4.74 Å². The number of ether oxygens (including phenoxy) is 1. The fourth-order valence-corrected chi connectivity index (χ4v) is 5.13. The number of aliphatic imine (C=N–C) groups is 1. The highest BCUT2D eigenvalue weighted by molar-refractivity contribution is 14.0. The number of pyridine rings is 1. The molecule has 6 nitrogen and oxygen atoms in total. The van der Waals surface area contributed by atoms with Crippen molar-refractivity contribution in [1.82, 2.24) is 15.6 Å². The number of nitrogens with zero attached hydrogens (tertiary/aromatic N) is 3. The van der Waals surface area contributed by atoms with E-state index in [1.807, 2.05) is 7.05 Å². The first kappa shape index (κ1) is 22.6. The van der Waals surface area contributed by atoms with Gasteiger partial charge in [-0.2, -0.15) is 0 Å². The average Bonchev–Trinajstić information content (AvgIpc) is 2.65. The topological polar surface area (TPSA) is 61.8 Å². The Bertz CT molecular complexity index is 700. The summed E-state index contributed by atoms with van der Waals surface area (Å²) in [7, 11) is 1.88. The van der Waals surface area contributed by atoms with Crippen molar-refractivity contribution in [2.75, 3.05) is 31.6 Å². The van der Waals surface area contributed by atoms with Gasteiger partial charge in [0.15, 0.2) is 5.96 Å². The number of aryl methyl sites for hydroxylation is 1. The predicted molar refractivity (Wildman–Crippen MR) is 129 cm³/mol. The highest BCUT2D eigenvalue weighted by Crippen LogP contribution is 2.57. The average molecular weight is 513 g/mol. The van der Waals surface area contributed by atoms with Gasteiger partial charge in [-0.25, -0.2) is 4.98 Å². The third-order valence-corrected chi connectivity index (χ3v) is 7.01. The summed E-state index contributed by atoms with van der Waals surface area (Å²) in [5, 5.41) is 7.39. The summed E-state index contributed by atoms with van der Waals surface area (Å²) < 4.78 is 5.98. The molecule has 0 amide bonds. The number of rotatable bonds is 5. The molecular formula is C22H36IN5O. The Morgan fingerprint density at radius 1 is 1.28 bits per heavy atom. The maximum Gasteiger partial charge on any atom is 0.191 e. The van der Waals surface area contributed by atoms with Crippen LogP contribution in [0.3, 0.4) is 0 Å². The van der Waals surface area contributed by atoms with Crippen molar-refractivity contribution >= 4 is 35.8 Å². The molecule has 2 atom stereocenters. The van der Waals surface area contributed by atoms with E-state index in [-0.39, 0.29) is 24.0 Å². The van der Waals surface area contributed by atoms with Gasteiger partial charge in [0.1, 0.15) is 5.82 Å². The molecule has 7 heteroatoms. The lowest BCUT2D eigenvalue weighted by atomic mass is 9.51. The molecule has 3 aliphatic rings. The molecule has 1 spiro atoms. The molecule has 2 heterocycles. The van der Waals surface area contributed by atoms with Crippen LogP contribution in [-0.4, -0.2) is 55.9 Å². The van der Waals surface area contributed by atoms with Crippen molar-refractivity contribution in [3.8, 4) is 0 Å². The maximum absolute atomic E-state index is 5.98. The van der Waals surface area contributed by atoms with E-state index in [2.05, 4.69) is 57.6 Å². The molecule has 1 aromatic rings. The molecule has 3 fully saturated rings. The Morgan fingerprint density at radius 2 is 2.03 bits per heavy atom. The molecule has 2 aliphatic carbocycles. The zero-order valence-corrected chi connectivity index (χ0v) is 20.3. The quantitative estimate of drug-likeness (QED) is 0.359. The van der Waals surface area contributed by atoms with E-state index in [9.17, 15) is 0 Å². The summed E-state index contributed by atoms with van der Waals surface area (Å²) in [6.45, 7) is 7.04. The number of nitrogens with one attached hydrogen (secondary N) is 2. The van der Waals surface area contributed by atoms with Gasteiger partial charge < -0.3 is 20.3 Å². The zero-order chi connectivity index (χ0) is 19.6. The van der Waals surface area contributed by atoms with E-state index in [4.69, 9.17) is 4.74 Å². The number of anilines is 1. The molecular weight excluding hydrogens is 477 g/mol. The molecule has 1 saturated heterocycles. The van der Waals surface area contributed by atoms with Gasteiger partial charge in [-0.05, 0) is 58.1 Å². The predicted octanol–water partition coefficient (Wildman–Crippen LogP) is 3.49. The molecule has 1 aliphatic heterocycles. The fraction of sp³-hybridized carbons (Fsp3) is 0.727. The van der Waals surface area contributed by atoms with Crippen molar-refractivity contribution in [1.29, 1.82) is 0 Å². The minimum absolute atomic E-state index is 0. The first-order valence-electron chi connectivity index (χ1n) is 10.9. The summed E-state index contributed by atoms with van der Waals surface area (Å²) in [6, 6.07) is 7.23. The number of piperidine rings is 1. The summed E-state index contributed by atoms with van der Waals surface area (Å²) in [6.07, 6.45) is 7.65. The van der Waals surface area contributed by atoms with Crippen molar-refractivity contribution < 1.29 is 4.74 Å². The van der Waals surface area contributed by atoms with Crippen LogP contribution in [0.2, 0.25) is 0 Å². The van der Waals surface area contributed by atoms with E-state index < -0.39 is 0 Å². The normalized spacial score (nSPS) is 26.3. The fourth-order valence-electron chi connectivity index (χ4n) is 5.13. The second-order valence-corrected chi connectivity index (χ2v) is 8.58. The SMILES string of the molecule is CCOC1CC(NC(=NC)NC2CCN(c3cccc(C)n3)CC2)C12CCC2.I. The largest absolute Gasteiger partial charge is 0.378 e. The monoisotopic (exact) mass is 513 g/mol. The van der Waals surface area contributed by atoms with Crippen molar-refractivity contribution in [3.05, 3.63) is 23.9 Å². The van der Waals surface area contributed by atoms with E-state index in [0.717, 1.165) is 56.4 Å². The van der Waals surface area contributed by atoms with E-state index in [0.29, 0.717) is 23.6 Å². The third-order valence-electron chi connectivity index (χ3n) is 7.01. The molecule has 162 valence electrons. The Labute approximate surface area is 192 Å². The summed E-state index contributed by atoms with van der Waals surface area (Å²) in [4.78, 5) is 11.6. The van der Waals surface area contributed by atoms with Gasteiger partial charge in [-0.3, -0.25) is 4.99 Å². The van der Waals surface area contributed by atoms with Crippen LogP contribution >= 0.6 is 24.0 Å². The second-order valence-electron chi connectivity index (χ2n) is 8.58. The molecule has 29 heavy (non-hydrogen) atoms. The highest BCUT2D eigenvalue weighted by atomic mass is 127. The van der Waals surface area contributed by atoms with Crippen LogP contribution in [0.4, 0.5) is 5.82 Å². The summed E-state index contributed by atoms with van der Waals surface area (Å²) >= 11 is 0. The van der Waals surface area contributed by atoms with Gasteiger partial charge in [0.05, 0.1) is 6.10 Å². The second kappa shape index (κ2) is 9.81. The van der Waals surface area contributed by atoms with Crippen LogP contribution in [0.5, 0.6) is 0 Å². The van der Waals surface area contributed by atoms with Crippen LogP contribution in [0.1, 0.15) is 51.1 Å². The smallest absolute Gasteiger partial charge is 0.191 e. The molecule has 1 aromatic heterocycles. The minimum Gasteiger partial charge on any atom is -0.378 e. The van der Waals surface area contributed by atoms with Crippen molar-refractivity contribution in [2.45, 2.75) is 70.6 Å². The molecule has 0 aromatic carbocycles. The molecule has 2 N–H and O–H groups in total.